The molecule has 7 nitrogen and oxygen atoms in total. The number of carbonyl (C=O) groups excluding carboxylic acids is 1. The van der Waals surface area contributed by atoms with E-state index in [1.54, 1.807) is 14.2 Å². The maximum absolute atomic E-state index is 14.2. The molecule has 0 saturated heterocycles. The Bertz CT molecular complexity index is 1830. The Morgan fingerprint density at radius 1 is 0.438 bits per heavy atom. The predicted molar refractivity (Wildman–Crippen MR) is 190 cm³/mol. The molecule has 0 bridgehead atoms. The smallest absolute Gasteiger partial charge is 0.194 e. The minimum Gasteiger partial charge on any atom is -0.497 e. The SMILES string of the molecule is COc1ccc(N(c2ccc(OC)cc2)c2ccc3c(c2)C(=O)c2cc(N(c4ccc(CO)cc4)c4ccc(CO)cc4)ccc2-3)cc1. The third-order valence-electron chi connectivity index (χ3n) is 8.72. The van der Waals surface area contributed by atoms with Crippen molar-refractivity contribution in [2.45, 2.75) is 13.2 Å². The Hall–Kier alpha value is -5.89. The molecule has 7 heteroatoms. The van der Waals surface area contributed by atoms with Gasteiger partial charge >= 0.3 is 0 Å². The van der Waals surface area contributed by atoms with Crippen molar-refractivity contribution in [2.75, 3.05) is 24.0 Å². The van der Waals surface area contributed by atoms with Gasteiger partial charge in [-0.3, -0.25) is 4.79 Å². The quantitative estimate of drug-likeness (QED) is 0.156. The molecule has 0 radical (unpaired) electrons. The minimum atomic E-state index is -0.0482. The summed E-state index contributed by atoms with van der Waals surface area (Å²) in [5.41, 5.74) is 9.92. The summed E-state index contributed by atoms with van der Waals surface area (Å²) < 4.78 is 10.8. The Kier molecular flexibility index (Phi) is 8.38. The number of anilines is 6. The Labute approximate surface area is 279 Å². The van der Waals surface area contributed by atoms with Crippen LogP contribution in [0.4, 0.5) is 34.1 Å². The molecule has 6 aromatic rings. The number of fused-ring (bicyclic) bond motifs is 3. The van der Waals surface area contributed by atoms with Crippen LogP contribution in [0.25, 0.3) is 11.1 Å². The van der Waals surface area contributed by atoms with E-state index in [0.29, 0.717) is 11.1 Å². The average Bonchev–Trinajstić information content (AvgIpc) is 3.43. The number of hydrogen-bond donors (Lipinski definition) is 2. The van der Waals surface area contributed by atoms with E-state index >= 15 is 0 Å². The van der Waals surface area contributed by atoms with Gasteiger partial charge in [0.25, 0.3) is 0 Å². The van der Waals surface area contributed by atoms with Crippen LogP contribution < -0.4 is 19.3 Å². The molecule has 6 aromatic carbocycles. The second-order valence-electron chi connectivity index (χ2n) is 11.5. The van der Waals surface area contributed by atoms with E-state index < -0.39 is 0 Å². The first-order chi connectivity index (χ1) is 23.5. The molecule has 1 aliphatic rings. The van der Waals surface area contributed by atoms with E-state index in [1.807, 2.05) is 133 Å². The zero-order valence-electron chi connectivity index (χ0n) is 26.6. The summed E-state index contributed by atoms with van der Waals surface area (Å²) in [6, 6.07) is 43.0. The molecule has 0 amide bonds. The molecular formula is C41H34N2O5. The van der Waals surface area contributed by atoms with Gasteiger partial charge in [-0.2, -0.15) is 0 Å². The molecule has 0 aromatic heterocycles. The fourth-order valence-electron chi connectivity index (χ4n) is 6.19. The molecule has 7 rings (SSSR count). The Morgan fingerprint density at radius 3 is 1.06 bits per heavy atom. The topological polar surface area (TPSA) is 82.5 Å². The van der Waals surface area contributed by atoms with Gasteiger partial charge in [0.15, 0.2) is 5.78 Å². The molecule has 1 aliphatic carbocycles. The van der Waals surface area contributed by atoms with Crippen LogP contribution in [-0.4, -0.2) is 30.2 Å². The van der Waals surface area contributed by atoms with E-state index in [2.05, 4.69) is 9.80 Å². The van der Waals surface area contributed by atoms with Crippen molar-refractivity contribution in [1.29, 1.82) is 0 Å². The van der Waals surface area contributed by atoms with Crippen LogP contribution >= 0.6 is 0 Å². The number of aliphatic hydroxyl groups excluding tert-OH is 2. The largest absolute Gasteiger partial charge is 0.497 e. The summed E-state index contributed by atoms with van der Waals surface area (Å²) in [5, 5.41) is 19.2. The maximum atomic E-state index is 14.2. The fourth-order valence-corrected chi connectivity index (χ4v) is 6.19. The number of benzene rings is 6. The molecule has 238 valence electrons. The zero-order valence-corrected chi connectivity index (χ0v) is 26.6. The van der Waals surface area contributed by atoms with E-state index in [0.717, 1.165) is 67.9 Å². The van der Waals surface area contributed by atoms with Crippen molar-refractivity contribution in [3.8, 4) is 22.6 Å². The van der Waals surface area contributed by atoms with Crippen molar-refractivity contribution in [1.82, 2.24) is 0 Å². The molecule has 0 fully saturated rings. The lowest BCUT2D eigenvalue weighted by molar-refractivity contribution is 0.104. The first kappa shape index (κ1) is 30.7. The van der Waals surface area contributed by atoms with Crippen LogP contribution in [0.3, 0.4) is 0 Å². The average molecular weight is 635 g/mol. The van der Waals surface area contributed by atoms with Crippen LogP contribution in [-0.2, 0) is 13.2 Å². The van der Waals surface area contributed by atoms with E-state index in [9.17, 15) is 15.0 Å². The summed E-state index contributed by atoms with van der Waals surface area (Å²) in [5.74, 6) is 1.47. The summed E-state index contributed by atoms with van der Waals surface area (Å²) in [6.07, 6.45) is 0. The summed E-state index contributed by atoms with van der Waals surface area (Å²) >= 11 is 0. The van der Waals surface area contributed by atoms with Crippen molar-refractivity contribution in [3.05, 3.63) is 156 Å². The normalized spacial score (nSPS) is 11.5. The lowest BCUT2D eigenvalue weighted by Crippen LogP contribution is -2.11. The monoisotopic (exact) mass is 634 g/mol. The fraction of sp³-hybridized carbons (Fsp3) is 0.0976. The van der Waals surface area contributed by atoms with Gasteiger partial charge in [0.1, 0.15) is 11.5 Å². The number of hydrogen-bond acceptors (Lipinski definition) is 7. The summed E-state index contributed by atoms with van der Waals surface area (Å²) in [4.78, 5) is 18.4. The van der Waals surface area contributed by atoms with Gasteiger partial charge in [0, 0.05) is 45.3 Å². The highest BCUT2D eigenvalue weighted by Crippen LogP contribution is 2.45. The van der Waals surface area contributed by atoms with Crippen LogP contribution in [0.2, 0.25) is 0 Å². The zero-order chi connectivity index (χ0) is 33.2. The first-order valence-corrected chi connectivity index (χ1v) is 15.6. The number of methoxy groups -OCH3 is 2. The van der Waals surface area contributed by atoms with Gasteiger partial charge < -0.3 is 29.5 Å². The highest BCUT2D eigenvalue weighted by Gasteiger charge is 2.29. The second-order valence-corrected chi connectivity index (χ2v) is 11.5. The van der Waals surface area contributed by atoms with Gasteiger partial charge in [-0.1, -0.05) is 36.4 Å². The second kappa shape index (κ2) is 13.1. The third kappa shape index (κ3) is 5.66. The number of aliphatic hydroxyl groups is 2. The standard InChI is InChI=1S/C41H34N2O5/c1-47-35-17-11-31(12-18-35)43(32-13-19-36(48-2)20-14-32)34-16-22-38-37-21-15-33(23-39(37)41(46)40(38)24-34)42(29-7-3-27(25-44)4-8-29)30-9-5-28(26-45)6-10-30/h3-24,44-45H,25-26H2,1-2H3. The number of ether oxygens (including phenoxy) is 2. The van der Waals surface area contributed by atoms with Crippen molar-refractivity contribution in [3.63, 3.8) is 0 Å². The third-order valence-corrected chi connectivity index (χ3v) is 8.72. The number of rotatable bonds is 10. The van der Waals surface area contributed by atoms with Gasteiger partial charge in [0.05, 0.1) is 27.4 Å². The van der Waals surface area contributed by atoms with Crippen LogP contribution in [0.1, 0.15) is 27.0 Å². The number of nitrogens with zero attached hydrogens (tertiary/aromatic N) is 2. The highest BCUT2D eigenvalue weighted by molar-refractivity contribution is 6.22. The molecule has 0 unspecified atom stereocenters. The van der Waals surface area contributed by atoms with Gasteiger partial charge in [-0.05, 0) is 119 Å². The molecule has 0 atom stereocenters. The lowest BCUT2D eigenvalue weighted by atomic mass is 10.0. The van der Waals surface area contributed by atoms with E-state index in [4.69, 9.17) is 9.47 Å². The molecule has 48 heavy (non-hydrogen) atoms. The number of carbonyl (C=O) groups is 1. The Morgan fingerprint density at radius 2 is 0.750 bits per heavy atom. The molecule has 2 N–H and O–H groups in total. The summed E-state index contributed by atoms with van der Waals surface area (Å²) in [6.45, 7) is -0.0964. The highest BCUT2D eigenvalue weighted by atomic mass is 16.5. The van der Waals surface area contributed by atoms with E-state index in [1.165, 1.54) is 0 Å². The van der Waals surface area contributed by atoms with Gasteiger partial charge in [0.2, 0.25) is 0 Å². The molecular weight excluding hydrogens is 600 g/mol. The van der Waals surface area contributed by atoms with Crippen LogP contribution in [0.5, 0.6) is 11.5 Å². The van der Waals surface area contributed by atoms with Gasteiger partial charge in [-0.25, -0.2) is 0 Å². The van der Waals surface area contributed by atoms with Crippen LogP contribution in [0, 0.1) is 0 Å². The number of ketones is 1. The summed E-state index contributed by atoms with van der Waals surface area (Å²) in [7, 11) is 3.29. The first-order valence-electron chi connectivity index (χ1n) is 15.6. The molecule has 0 heterocycles. The minimum absolute atomic E-state index is 0.0423. The van der Waals surface area contributed by atoms with Crippen molar-refractivity contribution in [2.24, 2.45) is 0 Å². The Balaban J connectivity index is 1.29. The molecule has 0 spiro atoms. The maximum Gasteiger partial charge on any atom is 0.194 e. The van der Waals surface area contributed by atoms with Crippen molar-refractivity contribution >= 4 is 39.9 Å². The van der Waals surface area contributed by atoms with Crippen molar-refractivity contribution < 1.29 is 24.5 Å². The molecule has 0 aliphatic heterocycles. The van der Waals surface area contributed by atoms with E-state index in [-0.39, 0.29) is 19.0 Å². The van der Waals surface area contributed by atoms with Crippen LogP contribution in [0.15, 0.2) is 133 Å². The predicted octanol–water partition coefficient (Wildman–Crippen LogP) is 8.84. The lowest BCUT2D eigenvalue weighted by Gasteiger charge is -2.26. The van der Waals surface area contributed by atoms with Gasteiger partial charge in [-0.15, -0.1) is 0 Å². The molecule has 0 saturated carbocycles.